The van der Waals surface area contributed by atoms with Crippen LogP contribution in [0.4, 0.5) is 0 Å². The van der Waals surface area contributed by atoms with Gasteiger partial charge in [0.2, 0.25) is 0 Å². The molecule has 1 unspecified atom stereocenters. The lowest BCUT2D eigenvalue weighted by atomic mass is 10.2. The van der Waals surface area contributed by atoms with Crippen LogP contribution in [0, 0.1) is 6.92 Å². The maximum Gasteiger partial charge on any atom is 0.258 e. The van der Waals surface area contributed by atoms with Gasteiger partial charge < -0.3 is 19.5 Å². The van der Waals surface area contributed by atoms with Crippen LogP contribution in [0.15, 0.2) is 48.5 Å². The highest BCUT2D eigenvalue weighted by atomic mass is 16.6. The topological polar surface area (TPSA) is 56.8 Å². The summed E-state index contributed by atoms with van der Waals surface area (Å²) in [5.41, 5.74) is 1.15. The summed E-state index contributed by atoms with van der Waals surface area (Å²) in [6, 6.07) is 15.1. The third-order valence-electron chi connectivity index (χ3n) is 3.49. The molecule has 1 heterocycles. The highest BCUT2D eigenvalue weighted by molar-refractivity contribution is 5.77. The number of rotatable bonds is 5. The second-order valence-electron chi connectivity index (χ2n) is 5.40. The van der Waals surface area contributed by atoms with E-state index in [-0.39, 0.29) is 18.6 Å². The van der Waals surface area contributed by atoms with Gasteiger partial charge in [-0.25, -0.2) is 0 Å². The Morgan fingerprint density at radius 3 is 2.70 bits per heavy atom. The molecule has 2 aromatic carbocycles. The molecule has 2 aromatic rings. The largest absolute Gasteiger partial charge is 0.486 e. The van der Waals surface area contributed by atoms with Crippen molar-refractivity contribution in [1.82, 2.24) is 5.32 Å². The van der Waals surface area contributed by atoms with Gasteiger partial charge in [0.25, 0.3) is 5.91 Å². The van der Waals surface area contributed by atoms with Crippen molar-refractivity contribution in [3.8, 4) is 17.2 Å². The summed E-state index contributed by atoms with van der Waals surface area (Å²) in [4.78, 5) is 11.8. The molecule has 5 nitrogen and oxygen atoms in total. The number of benzene rings is 2. The Labute approximate surface area is 135 Å². The van der Waals surface area contributed by atoms with E-state index in [1.165, 1.54) is 0 Å². The van der Waals surface area contributed by atoms with Crippen LogP contribution in [0.3, 0.4) is 0 Å². The highest BCUT2D eigenvalue weighted by Gasteiger charge is 2.20. The standard InChI is InChI=1S/C18H19NO4/c1-13-6-8-14(9-7-13)21-12-18(20)19-10-15-11-22-16-4-2-3-5-17(16)23-15/h2-9,15H,10-12H2,1H3,(H,19,20). The summed E-state index contributed by atoms with van der Waals surface area (Å²) in [5, 5.41) is 2.80. The van der Waals surface area contributed by atoms with Crippen LogP contribution in [0.1, 0.15) is 5.56 Å². The predicted octanol–water partition coefficient (Wildman–Crippen LogP) is 2.33. The Kier molecular flexibility index (Phi) is 4.66. The summed E-state index contributed by atoms with van der Waals surface area (Å²) < 4.78 is 16.8. The second-order valence-corrected chi connectivity index (χ2v) is 5.40. The van der Waals surface area contributed by atoms with Crippen molar-refractivity contribution in [3.05, 3.63) is 54.1 Å². The lowest BCUT2D eigenvalue weighted by molar-refractivity contribution is -0.123. The van der Waals surface area contributed by atoms with E-state index in [4.69, 9.17) is 14.2 Å². The molecule has 23 heavy (non-hydrogen) atoms. The van der Waals surface area contributed by atoms with E-state index in [9.17, 15) is 4.79 Å². The number of nitrogens with one attached hydrogen (secondary N) is 1. The predicted molar refractivity (Wildman–Crippen MR) is 86.0 cm³/mol. The number of carbonyl (C=O) groups is 1. The molecule has 3 rings (SSSR count). The van der Waals surface area contributed by atoms with Crippen LogP contribution >= 0.6 is 0 Å². The number of hydrogen-bond acceptors (Lipinski definition) is 4. The van der Waals surface area contributed by atoms with Gasteiger partial charge in [-0.2, -0.15) is 0 Å². The minimum atomic E-state index is -0.201. The molecule has 0 spiro atoms. The van der Waals surface area contributed by atoms with Crippen molar-refractivity contribution in [2.24, 2.45) is 0 Å². The molecule has 0 aromatic heterocycles. The van der Waals surface area contributed by atoms with Crippen LogP contribution in [0.5, 0.6) is 17.2 Å². The van der Waals surface area contributed by atoms with Gasteiger partial charge in [0.05, 0.1) is 6.54 Å². The normalized spacial score (nSPS) is 15.8. The summed E-state index contributed by atoms with van der Waals surface area (Å²) in [5.74, 6) is 1.93. The van der Waals surface area contributed by atoms with Crippen molar-refractivity contribution >= 4 is 5.91 Å². The quantitative estimate of drug-likeness (QED) is 0.920. The molecule has 5 heteroatoms. The fourth-order valence-electron chi connectivity index (χ4n) is 2.23. The first-order valence-electron chi connectivity index (χ1n) is 7.55. The molecule has 0 saturated heterocycles. The highest BCUT2D eigenvalue weighted by Crippen LogP contribution is 2.30. The first-order valence-corrected chi connectivity index (χ1v) is 7.55. The van der Waals surface area contributed by atoms with Crippen LogP contribution < -0.4 is 19.5 Å². The molecule has 0 aliphatic carbocycles. The van der Waals surface area contributed by atoms with Gasteiger partial charge in [-0.1, -0.05) is 29.8 Å². The zero-order valence-electron chi connectivity index (χ0n) is 13.0. The number of hydrogen-bond donors (Lipinski definition) is 1. The fraction of sp³-hybridized carbons (Fsp3) is 0.278. The molecule has 1 amide bonds. The minimum absolute atomic E-state index is 0.0206. The first kappa shape index (κ1) is 15.2. The van der Waals surface area contributed by atoms with Gasteiger partial charge >= 0.3 is 0 Å². The Bertz CT molecular complexity index is 669. The fourth-order valence-corrected chi connectivity index (χ4v) is 2.23. The van der Waals surface area contributed by atoms with E-state index in [0.29, 0.717) is 24.7 Å². The third kappa shape index (κ3) is 4.16. The molecule has 1 N–H and O–H groups in total. The van der Waals surface area contributed by atoms with E-state index in [0.717, 1.165) is 11.3 Å². The molecule has 0 saturated carbocycles. The molecule has 1 atom stereocenters. The number of para-hydroxylation sites is 2. The number of fused-ring (bicyclic) bond motifs is 1. The average Bonchev–Trinajstić information content (AvgIpc) is 2.59. The summed E-state index contributed by atoms with van der Waals surface area (Å²) in [7, 11) is 0. The summed E-state index contributed by atoms with van der Waals surface area (Å²) in [6.45, 7) is 2.77. The SMILES string of the molecule is Cc1ccc(OCC(=O)NCC2COc3ccccc3O2)cc1. The van der Waals surface area contributed by atoms with Gasteiger partial charge in [-0.15, -0.1) is 0 Å². The zero-order chi connectivity index (χ0) is 16.1. The Morgan fingerprint density at radius 1 is 1.17 bits per heavy atom. The second kappa shape index (κ2) is 7.05. The molecule has 0 radical (unpaired) electrons. The van der Waals surface area contributed by atoms with Gasteiger partial charge in [-0.3, -0.25) is 4.79 Å². The minimum Gasteiger partial charge on any atom is -0.486 e. The third-order valence-corrected chi connectivity index (χ3v) is 3.49. The van der Waals surface area contributed by atoms with Crippen molar-refractivity contribution in [2.45, 2.75) is 13.0 Å². The molecular weight excluding hydrogens is 294 g/mol. The maximum atomic E-state index is 11.8. The molecular formula is C18H19NO4. The van der Waals surface area contributed by atoms with E-state index >= 15 is 0 Å². The zero-order valence-corrected chi connectivity index (χ0v) is 13.0. The van der Waals surface area contributed by atoms with Crippen LogP contribution in [0.25, 0.3) is 0 Å². The van der Waals surface area contributed by atoms with E-state index in [1.54, 1.807) is 0 Å². The number of aryl methyl sites for hydroxylation is 1. The number of ether oxygens (including phenoxy) is 3. The van der Waals surface area contributed by atoms with Crippen molar-refractivity contribution < 1.29 is 19.0 Å². The van der Waals surface area contributed by atoms with Crippen molar-refractivity contribution in [3.63, 3.8) is 0 Å². The Morgan fingerprint density at radius 2 is 1.91 bits per heavy atom. The van der Waals surface area contributed by atoms with Crippen LogP contribution in [-0.4, -0.2) is 31.8 Å². The molecule has 1 aliphatic rings. The lowest BCUT2D eigenvalue weighted by Gasteiger charge is -2.26. The van der Waals surface area contributed by atoms with Crippen molar-refractivity contribution in [2.75, 3.05) is 19.8 Å². The summed E-state index contributed by atoms with van der Waals surface area (Å²) >= 11 is 0. The van der Waals surface area contributed by atoms with E-state index in [1.807, 2.05) is 55.5 Å². The smallest absolute Gasteiger partial charge is 0.258 e. The molecule has 1 aliphatic heterocycles. The average molecular weight is 313 g/mol. The Balaban J connectivity index is 1.42. The monoisotopic (exact) mass is 313 g/mol. The Hall–Kier alpha value is -2.69. The lowest BCUT2D eigenvalue weighted by Crippen LogP contribution is -2.42. The maximum absolute atomic E-state index is 11.8. The van der Waals surface area contributed by atoms with Gasteiger partial charge in [0.1, 0.15) is 18.5 Å². The van der Waals surface area contributed by atoms with E-state index in [2.05, 4.69) is 5.32 Å². The summed E-state index contributed by atoms with van der Waals surface area (Å²) in [6.07, 6.45) is -0.201. The molecule has 0 fully saturated rings. The first-order chi connectivity index (χ1) is 11.2. The number of carbonyl (C=O) groups excluding carboxylic acids is 1. The van der Waals surface area contributed by atoms with E-state index < -0.39 is 0 Å². The van der Waals surface area contributed by atoms with Crippen molar-refractivity contribution in [1.29, 1.82) is 0 Å². The molecule has 120 valence electrons. The van der Waals surface area contributed by atoms with Crippen LogP contribution in [-0.2, 0) is 4.79 Å². The number of amides is 1. The molecule has 0 bridgehead atoms. The van der Waals surface area contributed by atoms with Gasteiger partial charge in [-0.05, 0) is 31.2 Å². The van der Waals surface area contributed by atoms with Gasteiger partial charge in [0.15, 0.2) is 18.1 Å². The van der Waals surface area contributed by atoms with Crippen LogP contribution in [0.2, 0.25) is 0 Å². The van der Waals surface area contributed by atoms with Gasteiger partial charge in [0, 0.05) is 0 Å².